The summed E-state index contributed by atoms with van der Waals surface area (Å²) in [6.07, 6.45) is 8.67. The van der Waals surface area contributed by atoms with Crippen LogP contribution in [-0.2, 0) is 18.3 Å². The number of nitrogens with zero attached hydrogens (tertiary/aromatic N) is 4. The number of rotatable bonds is 5. The van der Waals surface area contributed by atoms with Crippen molar-refractivity contribution in [3.8, 4) is 0 Å². The van der Waals surface area contributed by atoms with Crippen LogP contribution in [-0.4, -0.2) is 58.1 Å². The summed E-state index contributed by atoms with van der Waals surface area (Å²) in [5.41, 5.74) is 3.56. The minimum absolute atomic E-state index is 0.309. The molecular weight excluding hydrogens is 326 g/mol. The van der Waals surface area contributed by atoms with Crippen LogP contribution in [0.5, 0.6) is 0 Å². The van der Waals surface area contributed by atoms with Crippen molar-refractivity contribution in [1.82, 2.24) is 25.0 Å². The Morgan fingerprint density at radius 1 is 1.19 bits per heavy atom. The molecular formula is C20H31N5O. The number of ether oxygens (including phenoxy) is 1. The Morgan fingerprint density at radius 3 is 2.73 bits per heavy atom. The zero-order valence-electron chi connectivity index (χ0n) is 16.1. The molecule has 0 atom stereocenters. The van der Waals surface area contributed by atoms with E-state index in [1.54, 1.807) is 0 Å². The number of aryl methyl sites for hydroxylation is 2. The van der Waals surface area contributed by atoms with Gasteiger partial charge in [-0.05, 0) is 31.4 Å². The van der Waals surface area contributed by atoms with E-state index in [0.29, 0.717) is 5.54 Å². The van der Waals surface area contributed by atoms with Gasteiger partial charge in [-0.15, -0.1) is 0 Å². The molecule has 2 aromatic rings. The van der Waals surface area contributed by atoms with E-state index in [9.17, 15) is 0 Å². The molecule has 2 aromatic heterocycles. The highest BCUT2D eigenvalue weighted by molar-refractivity contribution is 5.78. The van der Waals surface area contributed by atoms with Gasteiger partial charge in [-0.3, -0.25) is 9.58 Å². The molecule has 0 unspecified atom stereocenters. The summed E-state index contributed by atoms with van der Waals surface area (Å²) < 4.78 is 7.44. The topological polar surface area (TPSA) is 55.2 Å². The molecule has 6 nitrogen and oxygen atoms in total. The van der Waals surface area contributed by atoms with Crippen LogP contribution in [0.15, 0.2) is 12.3 Å². The Hall–Kier alpha value is -1.50. The van der Waals surface area contributed by atoms with Crippen LogP contribution >= 0.6 is 0 Å². The third-order valence-corrected chi connectivity index (χ3v) is 6.17. The number of nitrogens with one attached hydrogen (secondary N) is 1. The third kappa shape index (κ3) is 3.50. The molecule has 0 bridgehead atoms. The van der Waals surface area contributed by atoms with Crippen molar-refractivity contribution in [3.05, 3.63) is 23.5 Å². The molecule has 0 spiro atoms. The molecule has 0 aromatic carbocycles. The van der Waals surface area contributed by atoms with Gasteiger partial charge in [-0.1, -0.05) is 19.3 Å². The lowest BCUT2D eigenvalue weighted by Crippen LogP contribution is -2.59. The summed E-state index contributed by atoms with van der Waals surface area (Å²) in [7, 11) is 1.95. The molecule has 6 heteroatoms. The predicted octanol–water partition coefficient (Wildman–Crippen LogP) is 2.40. The summed E-state index contributed by atoms with van der Waals surface area (Å²) in [6, 6.07) is 2.24. The molecule has 1 aliphatic carbocycles. The van der Waals surface area contributed by atoms with Crippen molar-refractivity contribution in [2.45, 2.75) is 51.1 Å². The van der Waals surface area contributed by atoms with Gasteiger partial charge in [0.05, 0.1) is 18.9 Å². The van der Waals surface area contributed by atoms with Crippen LogP contribution in [0.25, 0.3) is 11.0 Å². The van der Waals surface area contributed by atoms with Crippen LogP contribution in [0, 0.1) is 6.92 Å². The average Bonchev–Trinajstić information content (AvgIpc) is 2.97. The smallest absolute Gasteiger partial charge is 0.157 e. The first-order valence-electron chi connectivity index (χ1n) is 10.00. The van der Waals surface area contributed by atoms with Crippen LogP contribution in [0.1, 0.15) is 43.4 Å². The average molecular weight is 358 g/mol. The number of morpholine rings is 1. The molecule has 142 valence electrons. The SMILES string of the molecule is Cc1nn(C)c2ncc(CNCC3(N4CCOCC4)CCCCC3)cc12. The van der Waals surface area contributed by atoms with Crippen molar-refractivity contribution in [2.24, 2.45) is 7.05 Å². The van der Waals surface area contributed by atoms with Gasteiger partial charge in [-0.25, -0.2) is 4.98 Å². The van der Waals surface area contributed by atoms with Gasteiger partial charge in [0.1, 0.15) is 0 Å². The second-order valence-corrected chi connectivity index (χ2v) is 7.91. The maximum absolute atomic E-state index is 5.59. The number of fused-ring (bicyclic) bond motifs is 1. The summed E-state index contributed by atoms with van der Waals surface area (Å²) in [6.45, 7) is 7.87. The molecule has 2 aliphatic rings. The van der Waals surface area contributed by atoms with Gasteiger partial charge in [0.25, 0.3) is 0 Å². The summed E-state index contributed by atoms with van der Waals surface area (Å²) in [5, 5.41) is 9.38. The lowest BCUT2D eigenvalue weighted by Gasteiger charge is -2.48. The fourth-order valence-electron chi connectivity index (χ4n) is 4.74. The Morgan fingerprint density at radius 2 is 1.96 bits per heavy atom. The Balaban J connectivity index is 1.43. The van der Waals surface area contributed by atoms with E-state index in [-0.39, 0.29) is 0 Å². The second kappa shape index (κ2) is 7.62. The van der Waals surface area contributed by atoms with Crippen molar-refractivity contribution in [3.63, 3.8) is 0 Å². The van der Waals surface area contributed by atoms with Crippen molar-refractivity contribution in [1.29, 1.82) is 0 Å². The van der Waals surface area contributed by atoms with Crippen LogP contribution in [0.3, 0.4) is 0 Å². The summed E-state index contributed by atoms with van der Waals surface area (Å²) in [4.78, 5) is 7.30. The summed E-state index contributed by atoms with van der Waals surface area (Å²) >= 11 is 0. The van der Waals surface area contributed by atoms with Gasteiger partial charge in [-0.2, -0.15) is 5.10 Å². The van der Waals surface area contributed by atoms with Gasteiger partial charge in [0, 0.05) is 50.3 Å². The maximum Gasteiger partial charge on any atom is 0.157 e. The van der Waals surface area contributed by atoms with Gasteiger partial charge < -0.3 is 10.1 Å². The Bertz CT molecular complexity index is 744. The first-order chi connectivity index (χ1) is 12.7. The quantitative estimate of drug-likeness (QED) is 0.890. The van der Waals surface area contributed by atoms with E-state index in [2.05, 4.69) is 33.3 Å². The minimum atomic E-state index is 0.309. The van der Waals surface area contributed by atoms with Crippen molar-refractivity contribution >= 4 is 11.0 Å². The number of pyridine rings is 1. The van der Waals surface area contributed by atoms with Gasteiger partial charge in [0.15, 0.2) is 5.65 Å². The van der Waals surface area contributed by atoms with E-state index in [4.69, 9.17) is 4.74 Å². The molecule has 0 amide bonds. The number of hydrogen-bond acceptors (Lipinski definition) is 5. The first-order valence-corrected chi connectivity index (χ1v) is 10.00. The van der Waals surface area contributed by atoms with E-state index >= 15 is 0 Å². The molecule has 1 saturated heterocycles. The lowest BCUT2D eigenvalue weighted by molar-refractivity contribution is -0.0369. The number of hydrogen-bond donors (Lipinski definition) is 1. The fourth-order valence-corrected chi connectivity index (χ4v) is 4.74. The zero-order valence-corrected chi connectivity index (χ0v) is 16.1. The van der Waals surface area contributed by atoms with Crippen LogP contribution < -0.4 is 5.32 Å². The van der Waals surface area contributed by atoms with Gasteiger partial charge in [0.2, 0.25) is 0 Å². The van der Waals surface area contributed by atoms with E-state index in [0.717, 1.165) is 56.1 Å². The van der Waals surface area contributed by atoms with E-state index < -0.39 is 0 Å². The zero-order chi connectivity index (χ0) is 18.0. The Labute approximate surface area is 155 Å². The highest BCUT2D eigenvalue weighted by Crippen LogP contribution is 2.34. The third-order valence-electron chi connectivity index (χ3n) is 6.17. The molecule has 0 radical (unpaired) electrons. The Kier molecular flexibility index (Phi) is 5.25. The van der Waals surface area contributed by atoms with Crippen molar-refractivity contribution < 1.29 is 4.74 Å². The second-order valence-electron chi connectivity index (χ2n) is 7.91. The maximum atomic E-state index is 5.59. The van der Waals surface area contributed by atoms with Crippen LogP contribution in [0.4, 0.5) is 0 Å². The first kappa shape index (κ1) is 17.9. The fraction of sp³-hybridized carbons (Fsp3) is 0.700. The highest BCUT2D eigenvalue weighted by Gasteiger charge is 2.38. The molecule has 1 N–H and O–H groups in total. The van der Waals surface area contributed by atoms with E-state index in [1.165, 1.54) is 37.7 Å². The summed E-state index contributed by atoms with van der Waals surface area (Å²) in [5.74, 6) is 0. The van der Waals surface area contributed by atoms with E-state index in [1.807, 2.05) is 17.9 Å². The number of aromatic nitrogens is 3. The molecule has 2 fully saturated rings. The highest BCUT2D eigenvalue weighted by atomic mass is 16.5. The van der Waals surface area contributed by atoms with Crippen LogP contribution in [0.2, 0.25) is 0 Å². The predicted molar refractivity (Wildman–Crippen MR) is 103 cm³/mol. The molecule has 26 heavy (non-hydrogen) atoms. The monoisotopic (exact) mass is 357 g/mol. The normalized spacial score (nSPS) is 21.3. The molecule has 1 aliphatic heterocycles. The largest absolute Gasteiger partial charge is 0.379 e. The molecule has 4 rings (SSSR count). The standard InChI is InChI=1S/C20H31N5O/c1-16-18-12-17(14-22-19(18)24(2)23-16)13-21-15-20(6-4-3-5-7-20)25-8-10-26-11-9-25/h12,14,21H,3-11,13,15H2,1-2H3. The lowest BCUT2D eigenvalue weighted by atomic mass is 9.79. The molecule has 3 heterocycles. The minimum Gasteiger partial charge on any atom is -0.379 e. The van der Waals surface area contributed by atoms with Gasteiger partial charge >= 0.3 is 0 Å². The van der Waals surface area contributed by atoms with Crippen molar-refractivity contribution in [2.75, 3.05) is 32.8 Å². The molecule has 1 saturated carbocycles.